The van der Waals surface area contributed by atoms with Crippen LogP contribution in [0.5, 0.6) is 0 Å². The number of hydrogen-bond donors (Lipinski definition) is 0. The summed E-state index contributed by atoms with van der Waals surface area (Å²) in [5.74, 6) is -0.880. The summed E-state index contributed by atoms with van der Waals surface area (Å²) in [6.07, 6.45) is 79.9. The number of rotatable bonds is 61. The molecule has 0 aliphatic rings. The molecule has 0 N–H and O–H groups in total. The first-order valence-corrected chi connectivity index (χ1v) is 33.1. The lowest BCUT2D eigenvalue weighted by Gasteiger charge is -2.18. The van der Waals surface area contributed by atoms with E-state index in [1.807, 2.05) is 0 Å². The van der Waals surface area contributed by atoms with Crippen LogP contribution in [0.15, 0.2) is 48.6 Å². The second kappa shape index (κ2) is 63.9. The highest BCUT2D eigenvalue weighted by Crippen LogP contribution is 2.18. The largest absolute Gasteiger partial charge is 0.462 e. The Labute approximate surface area is 467 Å². The highest BCUT2D eigenvalue weighted by atomic mass is 16.6. The van der Waals surface area contributed by atoms with Gasteiger partial charge in [-0.25, -0.2) is 0 Å². The van der Waals surface area contributed by atoms with E-state index in [9.17, 15) is 14.4 Å². The molecular formula is C69H126O6. The highest BCUT2D eigenvalue weighted by molar-refractivity contribution is 5.71. The fourth-order valence-electron chi connectivity index (χ4n) is 9.81. The van der Waals surface area contributed by atoms with Crippen molar-refractivity contribution in [1.29, 1.82) is 0 Å². The van der Waals surface area contributed by atoms with Crippen molar-refractivity contribution >= 4 is 17.9 Å². The lowest BCUT2D eigenvalue weighted by molar-refractivity contribution is -0.167. The Kier molecular flexibility index (Phi) is 61.7. The van der Waals surface area contributed by atoms with Gasteiger partial charge in [-0.3, -0.25) is 14.4 Å². The molecule has 0 rings (SSSR count). The monoisotopic (exact) mass is 1050 g/mol. The van der Waals surface area contributed by atoms with E-state index in [4.69, 9.17) is 14.2 Å². The smallest absolute Gasteiger partial charge is 0.306 e. The van der Waals surface area contributed by atoms with E-state index < -0.39 is 6.10 Å². The minimum Gasteiger partial charge on any atom is -0.462 e. The molecule has 1 atom stereocenters. The zero-order chi connectivity index (χ0) is 54.3. The number of hydrogen-bond acceptors (Lipinski definition) is 6. The van der Waals surface area contributed by atoms with Gasteiger partial charge in [-0.2, -0.15) is 0 Å². The number of esters is 3. The molecule has 0 fully saturated rings. The number of carbonyl (C=O) groups excluding carboxylic acids is 3. The van der Waals surface area contributed by atoms with Gasteiger partial charge in [0.2, 0.25) is 0 Å². The molecule has 0 aromatic carbocycles. The van der Waals surface area contributed by atoms with E-state index >= 15 is 0 Å². The molecule has 0 spiro atoms. The van der Waals surface area contributed by atoms with Gasteiger partial charge in [-0.1, -0.05) is 307 Å². The maximum atomic E-state index is 12.9. The second-order valence-corrected chi connectivity index (χ2v) is 22.4. The van der Waals surface area contributed by atoms with Gasteiger partial charge in [0.05, 0.1) is 0 Å². The van der Waals surface area contributed by atoms with Gasteiger partial charge >= 0.3 is 17.9 Å². The average molecular weight is 1050 g/mol. The molecule has 0 saturated carbocycles. The van der Waals surface area contributed by atoms with Crippen LogP contribution in [0.3, 0.4) is 0 Å². The van der Waals surface area contributed by atoms with Gasteiger partial charge in [0, 0.05) is 19.3 Å². The molecule has 0 aliphatic heterocycles. The molecule has 0 heterocycles. The summed E-state index contributed by atoms with van der Waals surface area (Å²) in [7, 11) is 0. The van der Waals surface area contributed by atoms with E-state index in [1.165, 1.54) is 218 Å². The Hall–Kier alpha value is -2.63. The number of unbranched alkanes of at least 4 members (excludes halogenated alkanes) is 42. The van der Waals surface area contributed by atoms with Crippen LogP contribution in [-0.2, 0) is 28.6 Å². The molecule has 75 heavy (non-hydrogen) atoms. The van der Waals surface area contributed by atoms with Crippen LogP contribution in [0.1, 0.15) is 355 Å². The summed E-state index contributed by atoms with van der Waals surface area (Å²) in [4.78, 5) is 38.3. The van der Waals surface area contributed by atoms with Gasteiger partial charge in [-0.15, -0.1) is 0 Å². The molecule has 438 valence electrons. The van der Waals surface area contributed by atoms with Crippen LogP contribution in [-0.4, -0.2) is 37.2 Å². The Morgan fingerprint density at radius 1 is 0.267 bits per heavy atom. The van der Waals surface area contributed by atoms with Crippen LogP contribution < -0.4 is 0 Å². The molecule has 0 aromatic rings. The molecule has 6 nitrogen and oxygen atoms in total. The summed E-state index contributed by atoms with van der Waals surface area (Å²) in [6.45, 7) is 6.60. The van der Waals surface area contributed by atoms with Gasteiger partial charge in [-0.05, 0) is 77.0 Å². The fraction of sp³-hybridized carbons (Fsp3) is 0.841. The molecule has 0 saturated heterocycles. The number of carbonyl (C=O) groups is 3. The van der Waals surface area contributed by atoms with Crippen LogP contribution >= 0.6 is 0 Å². The fourth-order valence-corrected chi connectivity index (χ4v) is 9.81. The van der Waals surface area contributed by atoms with Crippen molar-refractivity contribution in [1.82, 2.24) is 0 Å². The molecule has 0 aliphatic carbocycles. The van der Waals surface area contributed by atoms with Crippen molar-refractivity contribution < 1.29 is 28.6 Å². The van der Waals surface area contributed by atoms with Crippen LogP contribution in [0, 0.1) is 0 Å². The van der Waals surface area contributed by atoms with Crippen LogP contribution in [0.4, 0.5) is 0 Å². The summed E-state index contributed by atoms with van der Waals surface area (Å²) < 4.78 is 16.9. The normalized spacial score (nSPS) is 12.3. The quantitative estimate of drug-likeness (QED) is 0.0261. The third-order valence-corrected chi connectivity index (χ3v) is 14.8. The first kappa shape index (κ1) is 72.4. The van der Waals surface area contributed by atoms with E-state index in [0.29, 0.717) is 19.3 Å². The zero-order valence-electron chi connectivity index (χ0n) is 50.3. The first-order chi connectivity index (χ1) is 37.0. The Bertz CT molecular complexity index is 1300. The van der Waals surface area contributed by atoms with Crippen LogP contribution in [0.2, 0.25) is 0 Å². The SMILES string of the molecule is CCC/C=C\C/C=C\CCCCCCCC(=O)OCC(COC(=O)CCCCCCCCCCCCCCCCCCCCCCCCCCCC)OC(=O)CCCCCCCCC/C=C\C/C=C\CCCCCC. The lowest BCUT2D eigenvalue weighted by atomic mass is 10.0. The summed E-state index contributed by atoms with van der Waals surface area (Å²) in [6, 6.07) is 0. The van der Waals surface area contributed by atoms with E-state index in [2.05, 4.69) is 69.4 Å². The molecular weight excluding hydrogens is 925 g/mol. The van der Waals surface area contributed by atoms with Crippen molar-refractivity contribution in [3.05, 3.63) is 48.6 Å². The molecule has 0 radical (unpaired) electrons. The predicted octanol–water partition coefficient (Wildman–Crippen LogP) is 22.6. The van der Waals surface area contributed by atoms with Crippen molar-refractivity contribution in [2.75, 3.05) is 13.2 Å². The summed E-state index contributed by atoms with van der Waals surface area (Å²) in [5, 5.41) is 0. The van der Waals surface area contributed by atoms with E-state index in [0.717, 1.165) is 96.3 Å². The molecule has 0 aromatic heterocycles. The van der Waals surface area contributed by atoms with E-state index in [-0.39, 0.29) is 31.1 Å². The average Bonchev–Trinajstić information content (AvgIpc) is 3.41. The van der Waals surface area contributed by atoms with Crippen molar-refractivity contribution in [2.24, 2.45) is 0 Å². The minimum absolute atomic E-state index is 0.0776. The molecule has 0 bridgehead atoms. The topological polar surface area (TPSA) is 78.9 Å². The first-order valence-electron chi connectivity index (χ1n) is 33.1. The molecule has 0 amide bonds. The van der Waals surface area contributed by atoms with Crippen molar-refractivity contribution in [3.63, 3.8) is 0 Å². The predicted molar refractivity (Wildman–Crippen MR) is 325 cm³/mol. The third-order valence-electron chi connectivity index (χ3n) is 14.8. The minimum atomic E-state index is -0.782. The van der Waals surface area contributed by atoms with Gasteiger partial charge < -0.3 is 14.2 Å². The lowest BCUT2D eigenvalue weighted by Crippen LogP contribution is -2.30. The summed E-state index contributed by atoms with van der Waals surface area (Å²) in [5.41, 5.74) is 0. The van der Waals surface area contributed by atoms with Crippen molar-refractivity contribution in [2.45, 2.75) is 361 Å². The van der Waals surface area contributed by atoms with Gasteiger partial charge in [0.1, 0.15) is 13.2 Å². The Morgan fingerprint density at radius 3 is 0.800 bits per heavy atom. The van der Waals surface area contributed by atoms with Gasteiger partial charge in [0.25, 0.3) is 0 Å². The standard InChI is InChI=1S/C69H126O6/c1-4-7-10-13-16-19-22-25-27-29-31-32-33-34-35-36-37-38-40-41-44-47-50-53-56-59-62-68(71)74-65-66(64-73-67(70)61-58-55-52-49-46-43-24-21-18-15-12-9-6-3)75-69(72)63-60-57-54-51-48-45-42-39-30-28-26-23-20-17-14-11-8-5-2/h12,15,20-21,23-24,28,30,66H,4-11,13-14,16-19,22,25-27,29,31-65H2,1-3H3/b15-12-,23-20-,24-21-,30-28-. The maximum absolute atomic E-state index is 12.9. The molecule has 6 heteroatoms. The Balaban J connectivity index is 4.24. The number of ether oxygens (including phenoxy) is 3. The third kappa shape index (κ3) is 62.1. The zero-order valence-corrected chi connectivity index (χ0v) is 50.3. The Morgan fingerprint density at radius 2 is 0.507 bits per heavy atom. The molecule has 1 unspecified atom stereocenters. The van der Waals surface area contributed by atoms with Crippen molar-refractivity contribution in [3.8, 4) is 0 Å². The van der Waals surface area contributed by atoms with Gasteiger partial charge in [0.15, 0.2) is 6.10 Å². The number of allylic oxidation sites excluding steroid dienone is 8. The van der Waals surface area contributed by atoms with E-state index in [1.54, 1.807) is 0 Å². The van der Waals surface area contributed by atoms with Crippen LogP contribution in [0.25, 0.3) is 0 Å². The maximum Gasteiger partial charge on any atom is 0.306 e. The second-order valence-electron chi connectivity index (χ2n) is 22.4. The highest BCUT2D eigenvalue weighted by Gasteiger charge is 2.19. The summed E-state index contributed by atoms with van der Waals surface area (Å²) >= 11 is 0.